The van der Waals surface area contributed by atoms with Crippen LogP contribution >= 0.6 is 0 Å². The quantitative estimate of drug-likeness (QED) is 0.790. The summed E-state index contributed by atoms with van der Waals surface area (Å²) in [4.78, 5) is 4.46. The van der Waals surface area contributed by atoms with Gasteiger partial charge in [0.25, 0.3) is 6.43 Å². The maximum absolute atomic E-state index is 11.9. The smallest absolute Gasteiger partial charge is 0.261 e. The maximum atomic E-state index is 11.9. The van der Waals surface area contributed by atoms with Crippen LogP contribution in [0.2, 0.25) is 0 Å². The molecular formula is C11H17F2N3O. The van der Waals surface area contributed by atoms with Crippen molar-refractivity contribution in [3.8, 4) is 0 Å². The minimum Gasteiger partial charge on any atom is -0.374 e. The van der Waals surface area contributed by atoms with Crippen LogP contribution in [0.4, 0.5) is 8.78 Å². The molecule has 2 heterocycles. The average molecular weight is 245 g/mol. The van der Waals surface area contributed by atoms with Gasteiger partial charge in [0.2, 0.25) is 0 Å². The van der Waals surface area contributed by atoms with Crippen molar-refractivity contribution in [1.29, 1.82) is 0 Å². The number of nitrogens with zero attached hydrogens (tertiary/aromatic N) is 2. The van der Waals surface area contributed by atoms with E-state index < -0.39 is 13.0 Å². The Labute approximate surface area is 99.0 Å². The van der Waals surface area contributed by atoms with Gasteiger partial charge in [-0.3, -0.25) is 0 Å². The molecule has 1 aromatic heterocycles. The van der Waals surface area contributed by atoms with E-state index >= 15 is 0 Å². The topological polar surface area (TPSA) is 39.1 Å². The number of hydrogen-bond acceptors (Lipinski definition) is 3. The van der Waals surface area contributed by atoms with Gasteiger partial charge in [-0.15, -0.1) is 0 Å². The number of fused-ring (bicyclic) bond motifs is 1. The third-order valence-electron chi connectivity index (χ3n) is 2.88. The van der Waals surface area contributed by atoms with E-state index in [0.29, 0.717) is 13.2 Å². The second-order valence-corrected chi connectivity index (χ2v) is 4.10. The van der Waals surface area contributed by atoms with Gasteiger partial charge in [0, 0.05) is 31.7 Å². The van der Waals surface area contributed by atoms with Crippen LogP contribution in [-0.2, 0) is 24.2 Å². The third-order valence-corrected chi connectivity index (χ3v) is 2.88. The minimum atomic E-state index is -2.39. The van der Waals surface area contributed by atoms with Gasteiger partial charge < -0.3 is 14.6 Å². The van der Waals surface area contributed by atoms with E-state index in [4.69, 9.17) is 4.74 Å². The van der Waals surface area contributed by atoms with E-state index in [-0.39, 0.29) is 0 Å². The number of halogens is 2. The molecule has 2 rings (SSSR count). The number of hydrogen-bond donors (Lipinski definition) is 1. The van der Waals surface area contributed by atoms with Crippen molar-refractivity contribution < 1.29 is 13.5 Å². The van der Waals surface area contributed by atoms with Crippen LogP contribution in [0.15, 0.2) is 0 Å². The van der Waals surface area contributed by atoms with Crippen molar-refractivity contribution in [3.05, 3.63) is 17.2 Å². The standard InChI is InChI=1S/C11H17F2N3O/c1-8-15-9-6-14-3-2-10(9)16(8)4-5-17-7-11(12)13/h11,14H,2-7H2,1H3. The predicted molar refractivity (Wildman–Crippen MR) is 59.2 cm³/mol. The Morgan fingerprint density at radius 3 is 3.12 bits per heavy atom. The molecular weight excluding hydrogens is 228 g/mol. The molecule has 1 aliphatic rings. The van der Waals surface area contributed by atoms with Crippen molar-refractivity contribution >= 4 is 0 Å². The van der Waals surface area contributed by atoms with Gasteiger partial charge in [0.1, 0.15) is 12.4 Å². The van der Waals surface area contributed by atoms with Crippen molar-refractivity contribution in [1.82, 2.24) is 14.9 Å². The molecule has 0 spiro atoms. The molecule has 0 saturated heterocycles. The fraction of sp³-hybridized carbons (Fsp3) is 0.727. The summed E-state index contributed by atoms with van der Waals surface area (Å²) in [5.74, 6) is 0.930. The SMILES string of the molecule is Cc1nc2c(n1CCOCC(F)F)CCNC2. The molecule has 0 aromatic carbocycles. The normalized spacial score (nSPS) is 15.3. The second-order valence-electron chi connectivity index (χ2n) is 4.10. The summed E-state index contributed by atoms with van der Waals surface area (Å²) in [5.41, 5.74) is 2.28. The van der Waals surface area contributed by atoms with E-state index in [2.05, 4.69) is 14.9 Å². The summed E-state index contributed by atoms with van der Waals surface area (Å²) < 4.78 is 30.8. The molecule has 0 amide bonds. The van der Waals surface area contributed by atoms with E-state index in [1.807, 2.05) is 6.92 Å². The van der Waals surface area contributed by atoms with Crippen molar-refractivity contribution in [2.75, 3.05) is 19.8 Å². The zero-order chi connectivity index (χ0) is 12.3. The summed E-state index contributed by atoms with van der Waals surface area (Å²) >= 11 is 0. The Morgan fingerprint density at radius 1 is 1.53 bits per heavy atom. The first-order valence-corrected chi connectivity index (χ1v) is 5.80. The van der Waals surface area contributed by atoms with Crippen molar-refractivity contribution in [3.63, 3.8) is 0 Å². The summed E-state index contributed by atoms with van der Waals surface area (Å²) in [6, 6.07) is 0. The number of aryl methyl sites for hydroxylation is 1. The fourth-order valence-corrected chi connectivity index (χ4v) is 2.13. The number of aromatic nitrogens is 2. The lowest BCUT2D eigenvalue weighted by atomic mass is 10.2. The van der Waals surface area contributed by atoms with E-state index in [1.54, 1.807) is 0 Å². The van der Waals surface area contributed by atoms with Gasteiger partial charge in [-0.2, -0.15) is 0 Å². The molecule has 1 aromatic rings. The number of ether oxygens (including phenoxy) is 1. The van der Waals surface area contributed by atoms with E-state index in [9.17, 15) is 8.78 Å². The van der Waals surface area contributed by atoms with Crippen LogP contribution in [0.1, 0.15) is 17.2 Å². The summed E-state index contributed by atoms with van der Waals surface area (Å²) in [7, 11) is 0. The van der Waals surface area contributed by atoms with Gasteiger partial charge in [0.15, 0.2) is 0 Å². The molecule has 1 aliphatic heterocycles. The molecule has 96 valence electrons. The van der Waals surface area contributed by atoms with Crippen molar-refractivity contribution in [2.24, 2.45) is 0 Å². The molecule has 6 heteroatoms. The van der Waals surface area contributed by atoms with Crippen LogP contribution in [0, 0.1) is 6.92 Å². The molecule has 0 unspecified atom stereocenters. The molecule has 0 atom stereocenters. The van der Waals surface area contributed by atoms with E-state index in [1.165, 1.54) is 5.69 Å². The molecule has 17 heavy (non-hydrogen) atoms. The number of rotatable bonds is 5. The average Bonchev–Trinajstić information content (AvgIpc) is 2.60. The predicted octanol–water partition coefficient (Wildman–Crippen LogP) is 1.12. The molecule has 0 fully saturated rings. The lowest BCUT2D eigenvalue weighted by Gasteiger charge is -2.15. The van der Waals surface area contributed by atoms with Crippen LogP contribution in [0.5, 0.6) is 0 Å². The highest BCUT2D eigenvalue weighted by Crippen LogP contribution is 2.15. The second kappa shape index (κ2) is 5.55. The Bertz CT molecular complexity index is 379. The zero-order valence-corrected chi connectivity index (χ0v) is 9.88. The third kappa shape index (κ3) is 3.01. The first kappa shape index (κ1) is 12.4. The Hall–Kier alpha value is -1.01. The summed E-state index contributed by atoms with van der Waals surface area (Å²) in [6.07, 6.45) is -1.46. The molecule has 0 radical (unpaired) electrons. The number of alkyl halides is 2. The summed E-state index contributed by atoms with van der Waals surface area (Å²) in [6.45, 7) is 4.09. The molecule has 1 N–H and O–H groups in total. The monoisotopic (exact) mass is 245 g/mol. The number of nitrogens with one attached hydrogen (secondary N) is 1. The van der Waals surface area contributed by atoms with Crippen LogP contribution in [-0.4, -0.2) is 35.7 Å². The number of imidazole rings is 1. The van der Waals surface area contributed by atoms with Gasteiger partial charge in [-0.1, -0.05) is 0 Å². The van der Waals surface area contributed by atoms with Crippen molar-refractivity contribution in [2.45, 2.75) is 32.9 Å². The highest BCUT2D eigenvalue weighted by molar-refractivity contribution is 5.19. The minimum absolute atomic E-state index is 0.307. The Kier molecular flexibility index (Phi) is 4.06. The molecule has 0 saturated carbocycles. The Balaban J connectivity index is 1.93. The lowest BCUT2D eigenvalue weighted by Crippen LogP contribution is -2.25. The van der Waals surface area contributed by atoms with Crippen LogP contribution in [0.3, 0.4) is 0 Å². The first-order valence-electron chi connectivity index (χ1n) is 5.80. The highest BCUT2D eigenvalue weighted by atomic mass is 19.3. The molecule has 0 bridgehead atoms. The largest absolute Gasteiger partial charge is 0.374 e. The van der Waals surface area contributed by atoms with Gasteiger partial charge in [-0.05, 0) is 6.92 Å². The molecule has 4 nitrogen and oxygen atoms in total. The lowest BCUT2D eigenvalue weighted by molar-refractivity contribution is 0.0145. The highest BCUT2D eigenvalue weighted by Gasteiger charge is 2.17. The van der Waals surface area contributed by atoms with Crippen LogP contribution < -0.4 is 5.32 Å². The van der Waals surface area contributed by atoms with Gasteiger partial charge >= 0.3 is 0 Å². The van der Waals surface area contributed by atoms with Gasteiger partial charge in [0.05, 0.1) is 12.3 Å². The maximum Gasteiger partial charge on any atom is 0.261 e. The van der Waals surface area contributed by atoms with Gasteiger partial charge in [-0.25, -0.2) is 13.8 Å². The Morgan fingerprint density at radius 2 is 2.35 bits per heavy atom. The van der Waals surface area contributed by atoms with Crippen LogP contribution in [0.25, 0.3) is 0 Å². The first-order chi connectivity index (χ1) is 8.18. The fourth-order valence-electron chi connectivity index (χ4n) is 2.13. The van der Waals surface area contributed by atoms with E-state index in [0.717, 1.165) is 31.0 Å². The summed E-state index contributed by atoms with van der Waals surface area (Å²) in [5, 5.41) is 3.26. The molecule has 0 aliphatic carbocycles. The zero-order valence-electron chi connectivity index (χ0n) is 9.88.